The molecule has 1 nitrogen and oxygen atoms in total. The molecule has 0 saturated carbocycles. The first-order valence-corrected chi connectivity index (χ1v) is 6.95. The Hall–Kier alpha value is -1.64. The van der Waals surface area contributed by atoms with Gasteiger partial charge in [0, 0.05) is 4.47 Å². The molecule has 1 N–H and O–H groups in total. The van der Waals surface area contributed by atoms with Gasteiger partial charge in [0.05, 0.1) is 0 Å². The van der Waals surface area contributed by atoms with Crippen molar-refractivity contribution in [1.82, 2.24) is 0 Å². The van der Waals surface area contributed by atoms with E-state index in [1.807, 2.05) is 54.6 Å². The fourth-order valence-electron chi connectivity index (χ4n) is 2.23. The van der Waals surface area contributed by atoms with Gasteiger partial charge in [0.2, 0.25) is 0 Å². The summed E-state index contributed by atoms with van der Waals surface area (Å²) in [5.41, 5.74) is 1.83. The molecule has 1 atom stereocenters. The first-order valence-electron chi connectivity index (χ1n) is 6.16. The maximum Gasteiger partial charge on any atom is 0.104 e. The number of rotatable bonds is 2. The van der Waals surface area contributed by atoms with E-state index in [2.05, 4.69) is 28.1 Å². The van der Waals surface area contributed by atoms with E-state index in [0.29, 0.717) is 0 Å². The molecule has 0 radical (unpaired) electrons. The Balaban J connectivity index is 2.04. The topological polar surface area (TPSA) is 20.2 Å². The van der Waals surface area contributed by atoms with E-state index in [1.165, 1.54) is 5.39 Å². The molecule has 3 aromatic rings. The van der Waals surface area contributed by atoms with Crippen molar-refractivity contribution in [1.29, 1.82) is 0 Å². The predicted molar refractivity (Wildman–Crippen MR) is 82.2 cm³/mol. The molecule has 0 spiro atoms. The molecular formula is C17H13BrO. The molecule has 2 heteroatoms. The van der Waals surface area contributed by atoms with Crippen LogP contribution in [0.5, 0.6) is 0 Å². The van der Waals surface area contributed by atoms with E-state index in [1.54, 1.807) is 0 Å². The monoisotopic (exact) mass is 312 g/mol. The van der Waals surface area contributed by atoms with Gasteiger partial charge in [-0.05, 0) is 40.1 Å². The quantitative estimate of drug-likeness (QED) is 0.728. The summed E-state index contributed by atoms with van der Waals surface area (Å²) >= 11 is 3.47. The highest BCUT2D eigenvalue weighted by molar-refractivity contribution is 9.10. The molecule has 0 amide bonds. The van der Waals surface area contributed by atoms with Gasteiger partial charge >= 0.3 is 0 Å². The number of fused-ring (bicyclic) bond motifs is 1. The minimum Gasteiger partial charge on any atom is -0.384 e. The highest BCUT2D eigenvalue weighted by atomic mass is 79.9. The summed E-state index contributed by atoms with van der Waals surface area (Å²) in [5, 5.41) is 12.7. The molecule has 0 aliphatic carbocycles. The number of hydrogen-bond donors (Lipinski definition) is 1. The van der Waals surface area contributed by atoms with E-state index >= 15 is 0 Å². The lowest BCUT2D eigenvalue weighted by Crippen LogP contribution is -1.98. The van der Waals surface area contributed by atoms with Gasteiger partial charge in [-0.3, -0.25) is 0 Å². The third-order valence-electron chi connectivity index (χ3n) is 3.26. The van der Waals surface area contributed by atoms with Crippen LogP contribution in [0.4, 0.5) is 0 Å². The van der Waals surface area contributed by atoms with Gasteiger partial charge < -0.3 is 5.11 Å². The van der Waals surface area contributed by atoms with Gasteiger partial charge in [0.1, 0.15) is 6.10 Å². The molecule has 3 rings (SSSR count). The first kappa shape index (κ1) is 12.4. The molecule has 0 heterocycles. The van der Waals surface area contributed by atoms with E-state index in [9.17, 15) is 5.11 Å². The minimum absolute atomic E-state index is 0.575. The number of benzene rings is 3. The second-order valence-corrected chi connectivity index (χ2v) is 5.48. The zero-order chi connectivity index (χ0) is 13.2. The summed E-state index contributed by atoms with van der Waals surface area (Å²) in [5.74, 6) is 0. The zero-order valence-electron chi connectivity index (χ0n) is 10.3. The second kappa shape index (κ2) is 5.16. The summed E-state index contributed by atoms with van der Waals surface area (Å²) < 4.78 is 1.07. The predicted octanol–water partition coefficient (Wildman–Crippen LogP) is 4.68. The minimum atomic E-state index is -0.575. The maximum absolute atomic E-state index is 10.4. The summed E-state index contributed by atoms with van der Waals surface area (Å²) in [7, 11) is 0. The van der Waals surface area contributed by atoms with Crippen LogP contribution in [0.3, 0.4) is 0 Å². The van der Waals surface area contributed by atoms with E-state index in [-0.39, 0.29) is 0 Å². The second-order valence-electron chi connectivity index (χ2n) is 4.56. The summed E-state index contributed by atoms with van der Waals surface area (Å²) in [6.07, 6.45) is -0.575. The molecule has 0 bridgehead atoms. The molecule has 3 aromatic carbocycles. The Morgan fingerprint density at radius 1 is 0.737 bits per heavy atom. The van der Waals surface area contributed by atoms with E-state index in [0.717, 1.165) is 21.0 Å². The van der Waals surface area contributed by atoms with Gasteiger partial charge in [0.25, 0.3) is 0 Å². The fraction of sp³-hybridized carbons (Fsp3) is 0.0588. The van der Waals surface area contributed by atoms with Crippen LogP contribution in [0.15, 0.2) is 71.2 Å². The fourth-order valence-corrected chi connectivity index (χ4v) is 2.61. The van der Waals surface area contributed by atoms with Crippen molar-refractivity contribution in [3.63, 3.8) is 0 Å². The van der Waals surface area contributed by atoms with Crippen molar-refractivity contribution >= 4 is 26.7 Å². The Bertz CT molecular complexity index is 707. The Labute approximate surface area is 120 Å². The Kier molecular flexibility index (Phi) is 3.36. The van der Waals surface area contributed by atoms with Crippen LogP contribution in [0, 0.1) is 0 Å². The Morgan fingerprint density at radius 2 is 1.42 bits per heavy atom. The third-order valence-corrected chi connectivity index (χ3v) is 3.75. The van der Waals surface area contributed by atoms with Crippen molar-refractivity contribution in [3.8, 4) is 0 Å². The molecule has 1 unspecified atom stereocenters. The molecule has 0 saturated heterocycles. The lowest BCUT2D eigenvalue weighted by molar-refractivity contribution is 0.220. The molecule has 19 heavy (non-hydrogen) atoms. The number of halogens is 1. The molecule has 0 aliphatic heterocycles. The van der Waals surface area contributed by atoms with Gasteiger partial charge in [-0.25, -0.2) is 0 Å². The standard InChI is InChI=1S/C17H13BrO/c18-16-9-8-13-10-15(7-6-14(13)11-16)17(19)12-4-2-1-3-5-12/h1-11,17,19H. The van der Waals surface area contributed by atoms with E-state index < -0.39 is 6.10 Å². The van der Waals surface area contributed by atoms with Crippen LogP contribution in [-0.4, -0.2) is 5.11 Å². The third kappa shape index (κ3) is 2.55. The van der Waals surface area contributed by atoms with Gasteiger partial charge in [-0.1, -0.05) is 64.5 Å². The van der Waals surface area contributed by atoms with Crippen LogP contribution in [0.2, 0.25) is 0 Å². The lowest BCUT2D eigenvalue weighted by Gasteiger charge is -2.12. The zero-order valence-corrected chi connectivity index (χ0v) is 11.8. The first-order chi connectivity index (χ1) is 9.24. The maximum atomic E-state index is 10.4. The SMILES string of the molecule is OC(c1ccccc1)c1ccc2cc(Br)ccc2c1. The molecule has 0 aromatic heterocycles. The molecule has 94 valence electrons. The number of aliphatic hydroxyl groups excluding tert-OH is 1. The lowest BCUT2D eigenvalue weighted by atomic mass is 9.99. The number of hydrogen-bond acceptors (Lipinski definition) is 1. The average molecular weight is 313 g/mol. The highest BCUT2D eigenvalue weighted by Gasteiger charge is 2.10. The summed E-state index contributed by atoms with van der Waals surface area (Å²) in [6, 6.07) is 21.9. The normalized spacial score (nSPS) is 12.5. The Morgan fingerprint density at radius 3 is 2.21 bits per heavy atom. The van der Waals surface area contributed by atoms with E-state index in [4.69, 9.17) is 0 Å². The van der Waals surface area contributed by atoms with Crippen molar-refractivity contribution in [2.75, 3.05) is 0 Å². The summed E-state index contributed by atoms with van der Waals surface area (Å²) in [6.45, 7) is 0. The van der Waals surface area contributed by atoms with Gasteiger partial charge in [-0.15, -0.1) is 0 Å². The summed E-state index contributed by atoms with van der Waals surface area (Å²) in [4.78, 5) is 0. The molecular weight excluding hydrogens is 300 g/mol. The van der Waals surface area contributed by atoms with Crippen molar-refractivity contribution < 1.29 is 5.11 Å². The van der Waals surface area contributed by atoms with Crippen LogP contribution in [-0.2, 0) is 0 Å². The van der Waals surface area contributed by atoms with Crippen LogP contribution in [0.1, 0.15) is 17.2 Å². The molecule has 0 aliphatic rings. The van der Waals surface area contributed by atoms with Crippen LogP contribution < -0.4 is 0 Å². The average Bonchev–Trinajstić information content (AvgIpc) is 2.47. The van der Waals surface area contributed by atoms with Gasteiger partial charge in [-0.2, -0.15) is 0 Å². The smallest absolute Gasteiger partial charge is 0.104 e. The number of aliphatic hydroxyl groups is 1. The highest BCUT2D eigenvalue weighted by Crippen LogP contribution is 2.26. The molecule has 0 fully saturated rings. The van der Waals surface area contributed by atoms with Crippen molar-refractivity contribution in [2.45, 2.75) is 6.10 Å². The van der Waals surface area contributed by atoms with Crippen LogP contribution in [0.25, 0.3) is 10.8 Å². The largest absolute Gasteiger partial charge is 0.384 e. The van der Waals surface area contributed by atoms with Gasteiger partial charge in [0.15, 0.2) is 0 Å². The van der Waals surface area contributed by atoms with Crippen molar-refractivity contribution in [3.05, 3.63) is 82.3 Å². The van der Waals surface area contributed by atoms with Crippen LogP contribution >= 0.6 is 15.9 Å². The van der Waals surface area contributed by atoms with Crippen molar-refractivity contribution in [2.24, 2.45) is 0 Å².